The molecule has 7 heteroatoms. The molecule has 1 amide bonds. The minimum atomic E-state index is -0.309. The maximum Gasteiger partial charge on any atom is 0.271 e. The molecular weight excluding hydrogens is 386 g/mol. The first-order valence-corrected chi connectivity index (χ1v) is 8.74. The number of amides is 1. The molecule has 134 valence electrons. The Morgan fingerprint density at radius 3 is 2.56 bits per heavy atom. The van der Waals surface area contributed by atoms with Crippen LogP contribution in [0.1, 0.15) is 29.9 Å². The van der Waals surface area contributed by atoms with Gasteiger partial charge in [-0.2, -0.15) is 5.10 Å². The van der Waals surface area contributed by atoms with Crippen LogP contribution in [0.2, 0.25) is 0 Å². The van der Waals surface area contributed by atoms with Gasteiger partial charge in [-0.3, -0.25) is 9.59 Å². The van der Waals surface area contributed by atoms with Crippen molar-refractivity contribution < 1.29 is 9.53 Å². The van der Waals surface area contributed by atoms with Gasteiger partial charge >= 0.3 is 0 Å². The van der Waals surface area contributed by atoms with Crippen LogP contribution in [0.5, 0.6) is 0 Å². The summed E-state index contributed by atoms with van der Waals surface area (Å²) in [4.78, 5) is 24.1. The van der Waals surface area contributed by atoms with E-state index in [9.17, 15) is 9.59 Å². The average Bonchev–Trinajstić information content (AvgIpc) is 2.59. The lowest BCUT2D eigenvalue weighted by Crippen LogP contribution is -2.38. The van der Waals surface area contributed by atoms with Gasteiger partial charge in [0.2, 0.25) is 0 Å². The Bertz CT molecular complexity index is 785. The van der Waals surface area contributed by atoms with Crippen molar-refractivity contribution in [3.63, 3.8) is 0 Å². The molecule has 0 saturated carbocycles. The van der Waals surface area contributed by atoms with Crippen molar-refractivity contribution in [2.24, 2.45) is 0 Å². The van der Waals surface area contributed by atoms with Gasteiger partial charge in [0.05, 0.1) is 13.2 Å². The molecule has 0 spiro atoms. The number of carbonyl (C=O) groups is 1. The molecule has 0 fully saturated rings. The molecule has 0 saturated heterocycles. The van der Waals surface area contributed by atoms with Gasteiger partial charge in [0.15, 0.2) is 0 Å². The number of hydrogen-bond donors (Lipinski definition) is 1. The number of hydrogen-bond acceptors (Lipinski definition) is 4. The molecule has 2 rings (SSSR count). The lowest BCUT2D eigenvalue weighted by molar-refractivity contribution is 0.0937. The minimum Gasteiger partial charge on any atom is -0.383 e. The predicted octanol–water partition coefficient (Wildman–Crippen LogP) is 2.36. The standard InChI is InChI=1S/C18H22BrN3O3/c1-18(2,13-4-6-14(19)7-5-13)12-20-17(24)15-8-9-16(23)22(21-15)10-11-25-3/h4-9H,10-12H2,1-3H3,(H,20,24). The summed E-state index contributed by atoms with van der Waals surface area (Å²) >= 11 is 3.42. The lowest BCUT2D eigenvalue weighted by Gasteiger charge is -2.25. The molecular formula is C18H22BrN3O3. The highest BCUT2D eigenvalue weighted by Gasteiger charge is 2.22. The topological polar surface area (TPSA) is 73.2 Å². The molecule has 1 N–H and O–H groups in total. The number of aromatic nitrogens is 2. The van der Waals surface area contributed by atoms with E-state index in [-0.39, 0.29) is 22.6 Å². The number of nitrogens with one attached hydrogen (secondary N) is 1. The number of ether oxygens (including phenoxy) is 1. The molecule has 0 unspecified atom stereocenters. The van der Waals surface area contributed by atoms with Gasteiger partial charge < -0.3 is 10.1 Å². The van der Waals surface area contributed by atoms with Crippen LogP contribution in [0.25, 0.3) is 0 Å². The first-order valence-electron chi connectivity index (χ1n) is 7.95. The van der Waals surface area contributed by atoms with Crippen molar-refractivity contribution in [2.75, 3.05) is 20.3 Å². The van der Waals surface area contributed by atoms with E-state index < -0.39 is 0 Å². The normalized spacial score (nSPS) is 11.4. The van der Waals surface area contributed by atoms with Crippen LogP contribution in [-0.4, -0.2) is 35.9 Å². The van der Waals surface area contributed by atoms with E-state index in [0.717, 1.165) is 10.0 Å². The van der Waals surface area contributed by atoms with Crippen LogP contribution >= 0.6 is 15.9 Å². The van der Waals surface area contributed by atoms with E-state index in [0.29, 0.717) is 19.7 Å². The Hall–Kier alpha value is -1.99. The van der Waals surface area contributed by atoms with Gasteiger partial charge in [0, 0.05) is 29.6 Å². The molecule has 25 heavy (non-hydrogen) atoms. The van der Waals surface area contributed by atoms with Crippen LogP contribution in [0.4, 0.5) is 0 Å². The van der Waals surface area contributed by atoms with Gasteiger partial charge in [0.25, 0.3) is 11.5 Å². The fourth-order valence-corrected chi connectivity index (χ4v) is 2.57. The Morgan fingerprint density at radius 2 is 1.92 bits per heavy atom. The van der Waals surface area contributed by atoms with Crippen LogP contribution in [0, 0.1) is 0 Å². The highest BCUT2D eigenvalue weighted by molar-refractivity contribution is 9.10. The molecule has 1 aromatic heterocycles. The summed E-state index contributed by atoms with van der Waals surface area (Å²) in [5.74, 6) is -0.309. The number of benzene rings is 1. The second kappa shape index (κ2) is 8.40. The smallest absolute Gasteiger partial charge is 0.271 e. The minimum absolute atomic E-state index is 0.210. The molecule has 1 heterocycles. The quantitative estimate of drug-likeness (QED) is 0.764. The highest BCUT2D eigenvalue weighted by atomic mass is 79.9. The summed E-state index contributed by atoms with van der Waals surface area (Å²) in [7, 11) is 1.55. The van der Waals surface area contributed by atoms with Gasteiger partial charge in [-0.15, -0.1) is 0 Å². The van der Waals surface area contributed by atoms with Crippen molar-refractivity contribution in [2.45, 2.75) is 25.8 Å². The Labute approximate surface area is 155 Å². The zero-order chi connectivity index (χ0) is 18.4. The van der Waals surface area contributed by atoms with Gasteiger partial charge in [-0.1, -0.05) is 41.9 Å². The van der Waals surface area contributed by atoms with Crippen molar-refractivity contribution in [3.8, 4) is 0 Å². The molecule has 2 aromatic rings. The van der Waals surface area contributed by atoms with Gasteiger partial charge in [-0.05, 0) is 23.8 Å². The van der Waals surface area contributed by atoms with Crippen molar-refractivity contribution in [3.05, 3.63) is 62.5 Å². The molecule has 0 aliphatic carbocycles. The molecule has 1 aromatic carbocycles. The van der Waals surface area contributed by atoms with E-state index in [1.807, 2.05) is 24.3 Å². The third-order valence-electron chi connectivity index (χ3n) is 3.92. The summed E-state index contributed by atoms with van der Waals surface area (Å²) in [6, 6.07) is 10.8. The number of nitrogens with zero attached hydrogens (tertiary/aromatic N) is 2. The third kappa shape index (κ3) is 5.24. The Kier molecular flexibility index (Phi) is 6.50. The fraction of sp³-hybridized carbons (Fsp3) is 0.389. The van der Waals surface area contributed by atoms with E-state index >= 15 is 0 Å². The van der Waals surface area contributed by atoms with E-state index in [2.05, 4.69) is 40.2 Å². The summed E-state index contributed by atoms with van der Waals surface area (Å²) in [6.45, 7) is 5.23. The van der Waals surface area contributed by atoms with E-state index in [1.54, 1.807) is 7.11 Å². The zero-order valence-electron chi connectivity index (χ0n) is 14.6. The highest BCUT2D eigenvalue weighted by Crippen LogP contribution is 2.24. The number of methoxy groups -OCH3 is 1. The SMILES string of the molecule is COCCn1nc(C(=O)NCC(C)(C)c2ccc(Br)cc2)ccc1=O. The first-order chi connectivity index (χ1) is 11.8. The van der Waals surface area contributed by atoms with Crippen LogP contribution in [0.3, 0.4) is 0 Å². The predicted molar refractivity (Wildman–Crippen MR) is 99.9 cm³/mol. The van der Waals surface area contributed by atoms with Crippen molar-refractivity contribution in [1.29, 1.82) is 0 Å². The molecule has 0 bridgehead atoms. The molecule has 0 aliphatic heterocycles. The fourth-order valence-electron chi connectivity index (χ4n) is 2.30. The largest absolute Gasteiger partial charge is 0.383 e. The molecule has 0 aliphatic rings. The zero-order valence-corrected chi connectivity index (χ0v) is 16.2. The lowest BCUT2D eigenvalue weighted by atomic mass is 9.84. The third-order valence-corrected chi connectivity index (χ3v) is 4.45. The summed E-state index contributed by atoms with van der Waals surface area (Å²) in [5.41, 5.74) is 0.834. The van der Waals surface area contributed by atoms with E-state index in [4.69, 9.17) is 4.74 Å². The molecule has 0 atom stereocenters. The monoisotopic (exact) mass is 407 g/mol. The van der Waals surface area contributed by atoms with Crippen LogP contribution in [0.15, 0.2) is 45.7 Å². The summed E-state index contributed by atoms with van der Waals surface area (Å²) < 4.78 is 7.19. The number of rotatable bonds is 7. The van der Waals surface area contributed by atoms with Crippen molar-refractivity contribution >= 4 is 21.8 Å². The number of halogens is 1. The second-order valence-electron chi connectivity index (χ2n) is 6.35. The van der Waals surface area contributed by atoms with Crippen molar-refractivity contribution in [1.82, 2.24) is 15.1 Å². The second-order valence-corrected chi connectivity index (χ2v) is 7.26. The summed E-state index contributed by atoms with van der Waals surface area (Å²) in [6.07, 6.45) is 0. The molecule has 6 nitrogen and oxygen atoms in total. The maximum atomic E-state index is 12.4. The maximum absolute atomic E-state index is 12.4. The van der Waals surface area contributed by atoms with Gasteiger partial charge in [0.1, 0.15) is 5.69 Å². The average molecular weight is 408 g/mol. The Morgan fingerprint density at radius 1 is 1.24 bits per heavy atom. The summed E-state index contributed by atoms with van der Waals surface area (Å²) in [5, 5.41) is 7.00. The number of carbonyl (C=O) groups excluding carboxylic acids is 1. The Balaban J connectivity index is 2.06. The van der Waals surface area contributed by atoms with Crippen LogP contribution in [-0.2, 0) is 16.7 Å². The van der Waals surface area contributed by atoms with Gasteiger partial charge in [-0.25, -0.2) is 4.68 Å². The first kappa shape index (κ1) is 19.3. The van der Waals surface area contributed by atoms with E-state index in [1.165, 1.54) is 16.8 Å². The molecule has 0 radical (unpaired) electrons. The van der Waals surface area contributed by atoms with Crippen LogP contribution < -0.4 is 10.9 Å².